The van der Waals surface area contributed by atoms with Gasteiger partial charge in [0.15, 0.2) is 5.78 Å². The first-order valence-corrected chi connectivity index (χ1v) is 6.32. The summed E-state index contributed by atoms with van der Waals surface area (Å²) in [6, 6.07) is 8.01. The number of rotatable bonds is 5. The van der Waals surface area contributed by atoms with E-state index in [2.05, 4.69) is 20.8 Å². The summed E-state index contributed by atoms with van der Waals surface area (Å²) < 4.78 is 0. The summed E-state index contributed by atoms with van der Waals surface area (Å²) in [5, 5.41) is 8.48. The first-order chi connectivity index (χ1) is 8.79. The number of ketones is 1. The fourth-order valence-electron chi connectivity index (χ4n) is 1.60. The van der Waals surface area contributed by atoms with Crippen LogP contribution in [0.15, 0.2) is 30.3 Å². The molecule has 1 rings (SSSR count). The number of hydrogen-bond acceptors (Lipinski definition) is 2. The number of aliphatic carboxylic acids is 1. The zero-order chi connectivity index (χ0) is 14.5. The van der Waals surface area contributed by atoms with Crippen molar-refractivity contribution in [3.8, 4) is 0 Å². The van der Waals surface area contributed by atoms with Gasteiger partial charge in [-0.1, -0.05) is 51.1 Å². The van der Waals surface area contributed by atoms with E-state index < -0.39 is 5.97 Å². The summed E-state index contributed by atoms with van der Waals surface area (Å²) in [5.74, 6) is -1.11. The molecule has 0 heterocycles. The van der Waals surface area contributed by atoms with Gasteiger partial charge in [-0.05, 0) is 22.6 Å². The molecule has 3 nitrogen and oxygen atoms in total. The maximum Gasteiger partial charge on any atom is 0.303 e. The Morgan fingerprint density at radius 1 is 1.11 bits per heavy atom. The summed E-state index contributed by atoms with van der Waals surface area (Å²) in [5.41, 5.74) is 2.29. The van der Waals surface area contributed by atoms with E-state index in [0.29, 0.717) is 0 Å². The number of allylic oxidation sites excluding steroid dienone is 1. The Bertz CT molecular complexity index is 476. The van der Waals surface area contributed by atoms with E-state index in [1.54, 1.807) is 6.08 Å². The van der Waals surface area contributed by atoms with E-state index in [-0.39, 0.29) is 24.0 Å². The van der Waals surface area contributed by atoms with Crippen LogP contribution in [-0.2, 0) is 15.0 Å². The average molecular weight is 260 g/mol. The molecule has 0 spiro atoms. The Morgan fingerprint density at radius 3 is 2.16 bits per heavy atom. The summed E-state index contributed by atoms with van der Waals surface area (Å²) in [4.78, 5) is 21.7. The SMILES string of the molecule is CC(C)(C)c1ccc(C=CC(=O)CCC(=O)O)cc1. The van der Waals surface area contributed by atoms with Crippen LogP contribution in [0.25, 0.3) is 6.08 Å². The van der Waals surface area contributed by atoms with Crippen LogP contribution < -0.4 is 0 Å². The monoisotopic (exact) mass is 260 g/mol. The number of carboxylic acid groups (broad SMARTS) is 1. The van der Waals surface area contributed by atoms with Crippen molar-refractivity contribution in [3.05, 3.63) is 41.5 Å². The lowest BCUT2D eigenvalue weighted by atomic mass is 9.87. The third-order valence-corrected chi connectivity index (χ3v) is 2.82. The summed E-state index contributed by atoms with van der Waals surface area (Å²) in [6.07, 6.45) is 3.09. The third-order valence-electron chi connectivity index (χ3n) is 2.82. The van der Waals surface area contributed by atoms with E-state index in [1.807, 2.05) is 24.3 Å². The van der Waals surface area contributed by atoms with Gasteiger partial charge in [0.25, 0.3) is 0 Å². The van der Waals surface area contributed by atoms with Crippen molar-refractivity contribution in [1.29, 1.82) is 0 Å². The molecule has 19 heavy (non-hydrogen) atoms. The quantitative estimate of drug-likeness (QED) is 0.825. The molecule has 1 N–H and O–H groups in total. The normalized spacial score (nSPS) is 11.7. The van der Waals surface area contributed by atoms with Crippen molar-refractivity contribution in [2.24, 2.45) is 0 Å². The molecular weight excluding hydrogens is 240 g/mol. The van der Waals surface area contributed by atoms with Gasteiger partial charge < -0.3 is 5.11 Å². The number of carboxylic acids is 1. The van der Waals surface area contributed by atoms with E-state index in [1.165, 1.54) is 11.6 Å². The molecule has 0 saturated heterocycles. The minimum Gasteiger partial charge on any atom is -0.481 e. The molecule has 102 valence electrons. The molecule has 0 unspecified atom stereocenters. The highest BCUT2D eigenvalue weighted by Gasteiger charge is 2.12. The van der Waals surface area contributed by atoms with Gasteiger partial charge in [0.05, 0.1) is 6.42 Å². The average Bonchev–Trinajstić information content (AvgIpc) is 2.33. The lowest BCUT2D eigenvalue weighted by molar-refractivity contribution is -0.138. The van der Waals surface area contributed by atoms with Crippen molar-refractivity contribution < 1.29 is 14.7 Å². The Balaban J connectivity index is 2.63. The Hall–Kier alpha value is -1.90. The van der Waals surface area contributed by atoms with Crippen LogP contribution in [0.1, 0.15) is 44.7 Å². The molecule has 0 bridgehead atoms. The van der Waals surface area contributed by atoms with Crippen molar-refractivity contribution in [1.82, 2.24) is 0 Å². The summed E-state index contributed by atoms with van der Waals surface area (Å²) in [6.45, 7) is 6.44. The molecule has 0 radical (unpaired) electrons. The second-order valence-corrected chi connectivity index (χ2v) is 5.57. The maximum atomic E-state index is 11.4. The molecular formula is C16H20O3. The molecule has 0 atom stereocenters. The van der Waals surface area contributed by atoms with Gasteiger partial charge in [-0.25, -0.2) is 0 Å². The van der Waals surface area contributed by atoms with Crippen molar-refractivity contribution in [3.63, 3.8) is 0 Å². The number of carbonyl (C=O) groups is 2. The second-order valence-electron chi connectivity index (χ2n) is 5.57. The minimum absolute atomic E-state index is 0.0475. The number of carbonyl (C=O) groups excluding carboxylic acids is 1. The maximum absolute atomic E-state index is 11.4. The Labute approximate surface area is 114 Å². The lowest BCUT2D eigenvalue weighted by Crippen LogP contribution is -2.10. The van der Waals surface area contributed by atoms with Crippen LogP contribution in [0.3, 0.4) is 0 Å². The standard InChI is InChI=1S/C16H20O3/c1-16(2,3)13-7-4-12(5-8-13)6-9-14(17)10-11-15(18)19/h4-9H,10-11H2,1-3H3,(H,18,19). The second kappa shape index (κ2) is 6.32. The molecule has 0 aliphatic rings. The summed E-state index contributed by atoms with van der Waals surface area (Å²) >= 11 is 0. The molecule has 0 amide bonds. The van der Waals surface area contributed by atoms with Crippen molar-refractivity contribution in [2.75, 3.05) is 0 Å². The third kappa shape index (κ3) is 5.51. The first kappa shape index (κ1) is 15.2. The Kier molecular flexibility index (Phi) is 5.04. The van der Waals surface area contributed by atoms with Gasteiger partial charge in [-0.3, -0.25) is 9.59 Å². The van der Waals surface area contributed by atoms with Crippen LogP contribution in [0.4, 0.5) is 0 Å². The van der Waals surface area contributed by atoms with Crippen LogP contribution in [0.2, 0.25) is 0 Å². The van der Waals surface area contributed by atoms with Gasteiger partial charge in [-0.15, -0.1) is 0 Å². The number of benzene rings is 1. The highest BCUT2D eigenvalue weighted by atomic mass is 16.4. The topological polar surface area (TPSA) is 54.4 Å². The highest BCUT2D eigenvalue weighted by Crippen LogP contribution is 2.22. The fourth-order valence-corrected chi connectivity index (χ4v) is 1.60. The molecule has 0 saturated carbocycles. The first-order valence-electron chi connectivity index (χ1n) is 6.32. The van der Waals surface area contributed by atoms with Crippen LogP contribution >= 0.6 is 0 Å². The number of hydrogen-bond donors (Lipinski definition) is 1. The highest BCUT2D eigenvalue weighted by molar-refractivity contribution is 5.95. The van der Waals surface area contributed by atoms with E-state index in [9.17, 15) is 9.59 Å². The molecule has 3 heteroatoms. The molecule has 1 aromatic rings. The van der Waals surface area contributed by atoms with Gasteiger partial charge in [0, 0.05) is 6.42 Å². The molecule has 0 aliphatic carbocycles. The van der Waals surface area contributed by atoms with Gasteiger partial charge in [0.1, 0.15) is 0 Å². The molecule has 0 aliphatic heterocycles. The largest absolute Gasteiger partial charge is 0.481 e. The van der Waals surface area contributed by atoms with E-state index in [4.69, 9.17) is 5.11 Å². The van der Waals surface area contributed by atoms with Crippen LogP contribution in [0, 0.1) is 0 Å². The predicted octanol–water partition coefficient (Wildman–Crippen LogP) is 3.43. The zero-order valence-electron chi connectivity index (χ0n) is 11.6. The minimum atomic E-state index is -0.948. The van der Waals surface area contributed by atoms with Crippen molar-refractivity contribution in [2.45, 2.75) is 39.0 Å². The van der Waals surface area contributed by atoms with Crippen LogP contribution in [-0.4, -0.2) is 16.9 Å². The lowest BCUT2D eigenvalue weighted by Gasteiger charge is -2.18. The van der Waals surface area contributed by atoms with Gasteiger partial charge in [0.2, 0.25) is 0 Å². The smallest absolute Gasteiger partial charge is 0.303 e. The predicted molar refractivity (Wildman–Crippen MR) is 76.1 cm³/mol. The summed E-state index contributed by atoms with van der Waals surface area (Å²) in [7, 11) is 0. The Morgan fingerprint density at radius 2 is 1.68 bits per heavy atom. The zero-order valence-corrected chi connectivity index (χ0v) is 11.6. The van der Waals surface area contributed by atoms with E-state index in [0.717, 1.165) is 5.56 Å². The van der Waals surface area contributed by atoms with Gasteiger partial charge in [-0.2, -0.15) is 0 Å². The van der Waals surface area contributed by atoms with E-state index >= 15 is 0 Å². The van der Waals surface area contributed by atoms with Crippen molar-refractivity contribution >= 4 is 17.8 Å². The molecule has 0 fully saturated rings. The fraction of sp³-hybridized carbons (Fsp3) is 0.375. The molecule has 1 aromatic carbocycles. The van der Waals surface area contributed by atoms with Crippen LogP contribution in [0.5, 0.6) is 0 Å². The molecule has 0 aromatic heterocycles. The van der Waals surface area contributed by atoms with Gasteiger partial charge >= 0.3 is 5.97 Å².